The van der Waals surface area contributed by atoms with Gasteiger partial charge in [0.15, 0.2) is 0 Å². The number of amides is 4. The van der Waals surface area contributed by atoms with Gasteiger partial charge in [0.05, 0.1) is 6.04 Å². The predicted molar refractivity (Wildman–Crippen MR) is 129 cm³/mol. The number of aliphatic carboxylic acids is 1. The van der Waals surface area contributed by atoms with Crippen LogP contribution in [0.4, 0.5) is 0 Å². The summed E-state index contributed by atoms with van der Waals surface area (Å²) in [6, 6.07) is -3.79. The van der Waals surface area contributed by atoms with Gasteiger partial charge in [-0.05, 0) is 63.5 Å². The first kappa shape index (κ1) is 29.7. The zero-order chi connectivity index (χ0) is 25.7. The van der Waals surface area contributed by atoms with Gasteiger partial charge >= 0.3 is 5.97 Å². The molecule has 0 spiro atoms. The zero-order valence-electron chi connectivity index (χ0n) is 19.7. The fourth-order valence-electron chi connectivity index (χ4n) is 3.73. The highest BCUT2D eigenvalue weighted by Crippen LogP contribution is 2.20. The first-order valence-corrected chi connectivity index (χ1v) is 12.9. The van der Waals surface area contributed by atoms with Crippen molar-refractivity contribution in [3.63, 3.8) is 0 Å². The summed E-state index contributed by atoms with van der Waals surface area (Å²) in [6.07, 6.45) is 4.60. The quantitative estimate of drug-likeness (QED) is 0.135. The second-order valence-corrected chi connectivity index (χ2v) is 9.31. The van der Waals surface area contributed by atoms with Crippen LogP contribution in [0.3, 0.4) is 0 Å². The van der Waals surface area contributed by atoms with Crippen molar-refractivity contribution in [1.82, 2.24) is 15.5 Å². The van der Waals surface area contributed by atoms with Gasteiger partial charge < -0.3 is 37.8 Å². The fourth-order valence-corrected chi connectivity index (χ4v) is 4.20. The Morgan fingerprint density at radius 3 is 2.38 bits per heavy atom. The lowest BCUT2D eigenvalue weighted by Crippen LogP contribution is -2.56. The number of nitrogens with zero attached hydrogens (tertiary/aromatic N) is 1. The second-order valence-electron chi connectivity index (χ2n) is 8.33. The number of unbranched alkanes of at least 4 members (excludes halogenated alkanes) is 1. The number of hydrogen-bond acceptors (Lipinski definition) is 8. The molecule has 4 amide bonds. The van der Waals surface area contributed by atoms with Crippen LogP contribution in [0.1, 0.15) is 51.4 Å². The number of carbonyl (C=O) groups excluding carboxylic acids is 4. The highest BCUT2D eigenvalue weighted by atomic mass is 32.2. The number of likely N-dealkylation sites (tertiary alicyclic amines) is 1. The molecule has 1 aliphatic heterocycles. The van der Waals surface area contributed by atoms with E-state index in [4.69, 9.17) is 17.2 Å². The first-order chi connectivity index (χ1) is 16.1. The fraction of sp³-hybridized carbons (Fsp3) is 0.762. The molecule has 1 aliphatic rings. The van der Waals surface area contributed by atoms with E-state index in [9.17, 15) is 29.1 Å². The number of rotatable bonds is 16. The van der Waals surface area contributed by atoms with Crippen molar-refractivity contribution >= 4 is 41.4 Å². The van der Waals surface area contributed by atoms with E-state index < -0.39 is 53.8 Å². The minimum atomic E-state index is -1.15. The van der Waals surface area contributed by atoms with Crippen LogP contribution in [0.2, 0.25) is 0 Å². The summed E-state index contributed by atoms with van der Waals surface area (Å²) in [5.74, 6) is -2.71. The molecule has 0 aromatic heterocycles. The van der Waals surface area contributed by atoms with Gasteiger partial charge in [0.25, 0.3) is 0 Å². The lowest BCUT2D eigenvalue weighted by atomic mass is 10.1. The van der Waals surface area contributed by atoms with Gasteiger partial charge in [0, 0.05) is 13.0 Å². The Morgan fingerprint density at radius 1 is 1.09 bits per heavy atom. The van der Waals surface area contributed by atoms with Crippen LogP contribution < -0.4 is 27.8 Å². The Bertz CT molecular complexity index is 724. The number of carbonyl (C=O) groups is 5. The largest absolute Gasteiger partial charge is 0.480 e. The molecule has 194 valence electrons. The molecule has 0 saturated carbocycles. The van der Waals surface area contributed by atoms with Gasteiger partial charge in [-0.2, -0.15) is 11.8 Å². The average molecular weight is 503 g/mol. The van der Waals surface area contributed by atoms with Crippen LogP contribution >= 0.6 is 11.8 Å². The third kappa shape index (κ3) is 9.85. The van der Waals surface area contributed by atoms with Crippen molar-refractivity contribution < 1.29 is 29.1 Å². The third-order valence-corrected chi connectivity index (χ3v) is 6.31. The molecule has 0 aliphatic carbocycles. The van der Waals surface area contributed by atoms with Gasteiger partial charge in [-0.3, -0.25) is 19.2 Å². The Kier molecular flexibility index (Phi) is 13.5. The van der Waals surface area contributed by atoms with Crippen molar-refractivity contribution in [2.75, 3.05) is 25.1 Å². The number of carboxylic acids is 1. The average Bonchev–Trinajstić information content (AvgIpc) is 3.28. The minimum absolute atomic E-state index is 0.0394. The molecule has 0 aromatic rings. The highest BCUT2D eigenvalue weighted by Gasteiger charge is 2.37. The molecule has 1 fully saturated rings. The number of hydrogen-bond donors (Lipinski definition) is 6. The maximum Gasteiger partial charge on any atom is 0.326 e. The molecule has 12 nitrogen and oxygen atoms in total. The standard InChI is InChI=1S/C21H38N6O6S/c1-34-12-9-15(21(32)33)26-18(29)14(5-2-3-10-22)25-19(30)16-6-4-11-27(16)20(31)13(23)7-8-17(24)28/h13-16H,2-12,22-23H2,1H3,(H2,24,28)(H,25,30)(H,26,29)(H,32,33). The normalized spacial score (nSPS) is 18.1. The number of thioether (sulfide) groups is 1. The Labute approximate surface area is 204 Å². The number of carboxylic acid groups (broad SMARTS) is 1. The van der Waals surface area contributed by atoms with E-state index in [2.05, 4.69) is 10.6 Å². The summed E-state index contributed by atoms with van der Waals surface area (Å²) < 4.78 is 0. The molecule has 1 rings (SSSR count). The lowest BCUT2D eigenvalue weighted by Gasteiger charge is -2.28. The predicted octanol–water partition coefficient (Wildman–Crippen LogP) is -1.49. The summed E-state index contributed by atoms with van der Waals surface area (Å²) in [5, 5.41) is 14.6. The lowest BCUT2D eigenvalue weighted by molar-refractivity contribution is -0.143. The molecule has 1 heterocycles. The molecular formula is C21H38N6O6S. The van der Waals surface area contributed by atoms with Gasteiger partial charge in [0.2, 0.25) is 23.6 Å². The third-order valence-electron chi connectivity index (χ3n) is 5.66. The summed E-state index contributed by atoms with van der Waals surface area (Å²) in [7, 11) is 0. The zero-order valence-corrected chi connectivity index (χ0v) is 20.5. The second kappa shape index (κ2) is 15.5. The van der Waals surface area contributed by atoms with Gasteiger partial charge in [-0.1, -0.05) is 0 Å². The van der Waals surface area contributed by atoms with E-state index in [1.807, 2.05) is 6.26 Å². The van der Waals surface area contributed by atoms with Crippen LogP contribution in [0, 0.1) is 0 Å². The molecule has 4 unspecified atom stereocenters. The molecule has 1 saturated heterocycles. The molecule has 0 aromatic carbocycles. The van der Waals surface area contributed by atoms with Crippen LogP contribution in [0.25, 0.3) is 0 Å². The Morgan fingerprint density at radius 2 is 1.79 bits per heavy atom. The smallest absolute Gasteiger partial charge is 0.326 e. The van der Waals surface area contributed by atoms with Crippen LogP contribution in [-0.2, 0) is 24.0 Å². The molecule has 0 bridgehead atoms. The van der Waals surface area contributed by atoms with Crippen LogP contribution in [0.5, 0.6) is 0 Å². The van der Waals surface area contributed by atoms with Crippen molar-refractivity contribution in [3.05, 3.63) is 0 Å². The van der Waals surface area contributed by atoms with E-state index in [-0.39, 0.29) is 25.7 Å². The van der Waals surface area contributed by atoms with Gasteiger partial charge in [0.1, 0.15) is 18.1 Å². The van der Waals surface area contributed by atoms with E-state index in [0.717, 1.165) is 0 Å². The summed E-state index contributed by atoms with van der Waals surface area (Å²) in [4.78, 5) is 62.5. The van der Waals surface area contributed by atoms with E-state index >= 15 is 0 Å². The van der Waals surface area contributed by atoms with E-state index in [0.29, 0.717) is 44.5 Å². The van der Waals surface area contributed by atoms with Gasteiger partial charge in [-0.15, -0.1) is 0 Å². The maximum absolute atomic E-state index is 13.0. The van der Waals surface area contributed by atoms with Crippen LogP contribution in [0.15, 0.2) is 0 Å². The molecule has 9 N–H and O–H groups in total. The molecular weight excluding hydrogens is 464 g/mol. The molecule has 34 heavy (non-hydrogen) atoms. The molecule has 0 radical (unpaired) electrons. The SMILES string of the molecule is CSCCC(NC(=O)C(CCCCN)NC(=O)C1CCCN1C(=O)C(N)CCC(N)=O)C(=O)O. The minimum Gasteiger partial charge on any atom is -0.480 e. The van der Waals surface area contributed by atoms with Crippen molar-refractivity contribution in [1.29, 1.82) is 0 Å². The van der Waals surface area contributed by atoms with Crippen molar-refractivity contribution in [2.45, 2.75) is 75.5 Å². The van der Waals surface area contributed by atoms with Crippen molar-refractivity contribution in [3.8, 4) is 0 Å². The van der Waals surface area contributed by atoms with Gasteiger partial charge in [-0.25, -0.2) is 4.79 Å². The summed E-state index contributed by atoms with van der Waals surface area (Å²) in [6.45, 7) is 0.753. The number of primary amides is 1. The topological polar surface area (TPSA) is 211 Å². The maximum atomic E-state index is 13.0. The monoisotopic (exact) mass is 502 g/mol. The summed E-state index contributed by atoms with van der Waals surface area (Å²) >= 11 is 1.47. The molecule has 4 atom stereocenters. The molecule has 13 heteroatoms. The number of nitrogens with one attached hydrogen (secondary N) is 2. The van der Waals surface area contributed by atoms with E-state index in [1.165, 1.54) is 16.7 Å². The Hall–Kier alpha value is -2.38. The Balaban J connectivity index is 2.87. The number of nitrogens with two attached hydrogens (primary N) is 3. The summed E-state index contributed by atoms with van der Waals surface area (Å²) in [5.41, 5.74) is 16.6. The van der Waals surface area contributed by atoms with Crippen LogP contribution in [-0.4, -0.2) is 88.9 Å². The van der Waals surface area contributed by atoms with E-state index in [1.54, 1.807) is 0 Å². The first-order valence-electron chi connectivity index (χ1n) is 11.5. The van der Waals surface area contributed by atoms with Crippen molar-refractivity contribution in [2.24, 2.45) is 17.2 Å². The highest BCUT2D eigenvalue weighted by molar-refractivity contribution is 7.98.